The van der Waals surface area contributed by atoms with Crippen LogP contribution in [0.2, 0.25) is 0 Å². The summed E-state index contributed by atoms with van der Waals surface area (Å²) in [5.74, 6) is 1.16. The molecule has 180 valence electrons. The second-order valence-corrected chi connectivity index (χ2v) is 9.52. The molecule has 35 heavy (non-hydrogen) atoms. The quantitative estimate of drug-likeness (QED) is 0.455. The van der Waals surface area contributed by atoms with Crippen molar-refractivity contribution in [3.8, 4) is 11.3 Å². The first-order chi connectivity index (χ1) is 17.0. The molecule has 0 unspecified atom stereocenters. The van der Waals surface area contributed by atoms with Crippen LogP contribution < -0.4 is 10.2 Å². The first-order valence-electron chi connectivity index (χ1n) is 11.9. The van der Waals surface area contributed by atoms with Crippen LogP contribution in [-0.2, 0) is 16.7 Å². The number of morpholine rings is 1. The number of hydrogen-bond donors (Lipinski definition) is 1. The van der Waals surface area contributed by atoms with Crippen LogP contribution in [0.15, 0.2) is 41.2 Å². The molecule has 2 fully saturated rings. The van der Waals surface area contributed by atoms with Crippen molar-refractivity contribution in [3.63, 3.8) is 0 Å². The Labute approximate surface area is 202 Å². The molecule has 0 radical (unpaired) electrons. The largest absolute Gasteiger partial charge is 0.378 e. The monoisotopic (exact) mass is 473 g/mol. The van der Waals surface area contributed by atoms with Gasteiger partial charge in [-0.15, -0.1) is 0 Å². The fourth-order valence-electron chi connectivity index (χ4n) is 4.33. The van der Waals surface area contributed by atoms with Gasteiger partial charge in [-0.1, -0.05) is 24.2 Å². The minimum atomic E-state index is -0.339. The molecule has 4 aromatic rings. The van der Waals surface area contributed by atoms with E-state index in [4.69, 9.17) is 14.2 Å². The number of nitrogens with one attached hydrogen (secondary N) is 1. The van der Waals surface area contributed by atoms with Gasteiger partial charge in [-0.3, -0.25) is 4.79 Å². The number of nitrogens with zero attached hydrogens (tertiary/aromatic N) is 6. The smallest absolute Gasteiger partial charge is 0.292 e. The molecule has 1 aliphatic carbocycles. The van der Waals surface area contributed by atoms with Crippen LogP contribution >= 0.6 is 0 Å². The molecule has 1 amide bonds. The molecule has 10 nitrogen and oxygen atoms in total. The number of rotatable bonds is 6. The summed E-state index contributed by atoms with van der Waals surface area (Å²) in [6.45, 7) is 7.46. The van der Waals surface area contributed by atoms with Gasteiger partial charge >= 0.3 is 0 Å². The summed E-state index contributed by atoms with van der Waals surface area (Å²) in [7, 11) is 0. The zero-order chi connectivity index (χ0) is 24.0. The zero-order valence-electron chi connectivity index (χ0n) is 19.8. The molecular formula is C25H27N7O3. The van der Waals surface area contributed by atoms with Crippen LogP contribution in [0.5, 0.6) is 0 Å². The van der Waals surface area contributed by atoms with Crippen molar-refractivity contribution in [2.24, 2.45) is 0 Å². The third-order valence-electron chi connectivity index (χ3n) is 6.91. The molecule has 0 spiro atoms. The number of benzene rings is 1. The number of aromatic nitrogens is 5. The summed E-state index contributed by atoms with van der Waals surface area (Å²) < 4.78 is 12.7. The third kappa shape index (κ3) is 4.14. The van der Waals surface area contributed by atoms with Crippen molar-refractivity contribution in [1.29, 1.82) is 0 Å². The second kappa shape index (κ2) is 8.46. The minimum Gasteiger partial charge on any atom is -0.378 e. The van der Waals surface area contributed by atoms with Crippen LogP contribution in [0.3, 0.4) is 0 Å². The van der Waals surface area contributed by atoms with Gasteiger partial charge in [-0.05, 0) is 43.0 Å². The Hall–Kier alpha value is -3.79. The van der Waals surface area contributed by atoms with Gasteiger partial charge in [0.1, 0.15) is 5.82 Å². The fourth-order valence-corrected chi connectivity index (χ4v) is 4.33. The molecule has 2 aliphatic rings. The van der Waals surface area contributed by atoms with E-state index in [-0.39, 0.29) is 17.1 Å². The molecule has 0 bridgehead atoms. The molecule has 1 aromatic carbocycles. The van der Waals surface area contributed by atoms with Crippen LogP contribution in [0.25, 0.3) is 16.8 Å². The van der Waals surface area contributed by atoms with Gasteiger partial charge in [0.25, 0.3) is 11.7 Å². The normalized spacial score (nSPS) is 17.0. The van der Waals surface area contributed by atoms with E-state index in [1.165, 1.54) is 0 Å². The van der Waals surface area contributed by atoms with Crippen LogP contribution in [0, 0.1) is 6.92 Å². The number of carbonyl (C=O) groups is 1. The standard InChI is InChI=1S/C25H27N7O3/c1-16-13-17(21-19-5-8-27-32(19)15-20(28-21)31-9-11-34-12-10-31)3-4-18(16)14-26-23(33)22-29-24(35-30-22)25(2)6-7-25/h3-5,8,13,15H,6-7,9-12,14H2,1-2H3,(H,26,33). The molecule has 4 heterocycles. The van der Waals surface area contributed by atoms with E-state index in [1.807, 2.05) is 35.8 Å². The van der Waals surface area contributed by atoms with Gasteiger partial charge in [-0.25, -0.2) is 9.50 Å². The lowest BCUT2D eigenvalue weighted by Crippen LogP contribution is -2.37. The molecule has 1 saturated carbocycles. The molecule has 1 saturated heterocycles. The topological polar surface area (TPSA) is 111 Å². The molecule has 1 aliphatic heterocycles. The molecule has 6 rings (SSSR count). The van der Waals surface area contributed by atoms with Crippen molar-refractivity contribution in [2.45, 2.75) is 38.6 Å². The average molecular weight is 474 g/mol. The molecule has 10 heteroatoms. The number of hydrogen-bond acceptors (Lipinski definition) is 8. The minimum absolute atomic E-state index is 0.0635. The Morgan fingerprint density at radius 2 is 2.00 bits per heavy atom. The van der Waals surface area contributed by atoms with E-state index in [9.17, 15) is 4.79 Å². The van der Waals surface area contributed by atoms with Crippen molar-refractivity contribution in [3.05, 3.63) is 59.5 Å². The Morgan fingerprint density at radius 1 is 1.17 bits per heavy atom. The van der Waals surface area contributed by atoms with Crippen LogP contribution in [0.1, 0.15) is 47.4 Å². The number of anilines is 1. The van der Waals surface area contributed by atoms with Gasteiger partial charge in [0.2, 0.25) is 5.89 Å². The number of ether oxygens (including phenoxy) is 1. The summed E-state index contributed by atoms with van der Waals surface area (Å²) in [5.41, 5.74) is 4.81. The Kier molecular flexibility index (Phi) is 5.25. The van der Waals surface area contributed by atoms with E-state index in [2.05, 4.69) is 38.4 Å². The first kappa shape index (κ1) is 21.7. The van der Waals surface area contributed by atoms with Gasteiger partial charge in [0.15, 0.2) is 0 Å². The van der Waals surface area contributed by atoms with Crippen molar-refractivity contribution < 1.29 is 14.1 Å². The van der Waals surface area contributed by atoms with Gasteiger partial charge < -0.3 is 19.5 Å². The number of aryl methyl sites for hydroxylation is 1. The lowest BCUT2D eigenvalue weighted by atomic mass is 10.0. The van der Waals surface area contributed by atoms with Gasteiger partial charge in [-0.2, -0.15) is 10.1 Å². The van der Waals surface area contributed by atoms with Crippen LogP contribution in [0.4, 0.5) is 5.82 Å². The number of fused-ring (bicyclic) bond motifs is 1. The second-order valence-electron chi connectivity index (χ2n) is 9.52. The Balaban J connectivity index is 1.21. The summed E-state index contributed by atoms with van der Waals surface area (Å²) in [6, 6.07) is 8.12. The van der Waals surface area contributed by atoms with E-state index in [0.29, 0.717) is 25.6 Å². The van der Waals surface area contributed by atoms with Crippen LogP contribution in [-0.4, -0.2) is 56.9 Å². The Morgan fingerprint density at radius 3 is 2.77 bits per heavy atom. The zero-order valence-corrected chi connectivity index (χ0v) is 19.8. The Bertz CT molecular complexity index is 1400. The molecular weight excluding hydrogens is 446 g/mol. The summed E-state index contributed by atoms with van der Waals surface area (Å²) >= 11 is 0. The highest BCUT2D eigenvalue weighted by Gasteiger charge is 2.44. The van der Waals surface area contributed by atoms with E-state index in [0.717, 1.165) is 59.7 Å². The number of amides is 1. The first-order valence-corrected chi connectivity index (χ1v) is 11.9. The maximum atomic E-state index is 12.6. The highest BCUT2D eigenvalue weighted by Crippen LogP contribution is 2.46. The van der Waals surface area contributed by atoms with Crippen molar-refractivity contribution >= 4 is 17.2 Å². The third-order valence-corrected chi connectivity index (χ3v) is 6.91. The molecule has 1 N–H and O–H groups in total. The highest BCUT2D eigenvalue weighted by atomic mass is 16.5. The SMILES string of the molecule is Cc1cc(-c2nc(N3CCOCC3)cn3nccc23)ccc1CNC(=O)c1noc(C2(C)CC2)n1. The van der Waals surface area contributed by atoms with Gasteiger partial charge in [0, 0.05) is 30.6 Å². The predicted molar refractivity (Wildman–Crippen MR) is 128 cm³/mol. The lowest BCUT2D eigenvalue weighted by Gasteiger charge is -2.28. The predicted octanol–water partition coefficient (Wildman–Crippen LogP) is 2.91. The summed E-state index contributed by atoms with van der Waals surface area (Å²) in [6.07, 6.45) is 5.77. The fraction of sp³-hybridized carbons (Fsp3) is 0.400. The maximum Gasteiger partial charge on any atom is 0.292 e. The highest BCUT2D eigenvalue weighted by molar-refractivity contribution is 5.90. The number of carbonyl (C=O) groups excluding carboxylic acids is 1. The van der Waals surface area contributed by atoms with E-state index < -0.39 is 0 Å². The lowest BCUT2D eigenvalue weighted by molar-refractivity contribution is 0.0937. The average Bonchev–Trinajstić information content (AvgIpc) is 3.27. The van der Waals surface area contributed by atoms with Crippen molar-refractivity contribution in [2.75, 3.05) is 31.2 Å². The van der Waals surface area contributed by atoms with Gasteiger partial charge in [0.05, 0.1) is 36.8 Å². The maximum absolute atomic E-state index is 12.6. The van der Waals surface area contributed by atoms with E-state index in [1.54, 1.807) is 6.20 Å². The molecule has 0 atom stereocenters. The van der Waals surface area contributed by atoms with Crippen molar-refractivity contribution in [1.82, 2.24) is 30.1 Å². The molecule has 3 aromatic heterocycles. The van der Waals surface area contributed by atoms with E-state index >= 15 is 0 Å². The summed E-state index contributed by atoms with van der Waals surface area (Å²) in [4.78, 5) is 24.1. The summed E-state index contributed by atoms with van der Waals surface area (Å²) in [5, 5.41) is 11.2.